The summed E-state index contributed by atoms with van der Waals surface area (Å²) in [5, 5.41) is 15.6. The number of aromatic nitrogens is 3. The Hall–Kier alpha value is -2.57. The highest BCUT2D eigenvalue weighted by atomic mass is 16.5. The van der Waals surface area contributed by atoms with Crippen LogP contribution >= 0.6 is 0 Å². The number of nitrogens with zero attached hydrogens (tertiary/aromatic N) is 4. The number of nitrogens with two attached hydrogens (primary N) is 1. The molecule has 18 heavy (non-hydrogen) atoms. The van der Waals surface area contributed by atoms with Gasteiger partial charge in [0.25, 0.3) is 0 Å². The van der Waals surface area contributed by atoms with Crippen LogP contribution in [0.5, 0.6) is 11.6 Å². The summed E-state index contributed by atoms with van der Waals surface area (Å²) >= 11 is 0. The first-order chi connectivity index (χ1) is 8.60. The molecule has 0 bridgehead atoms. The fourth-order valence-electron chi connectivity index (χ4n) is 1.42. The number of ether oxygens (including phenoxy) is 1. The Morgan fingerprint density at radius 2 is 2.28 bits per heavy atom. The van der Waals surface area contributed by atoms with Crippen LogP contribution in [-0.2, 0) is 7.05 Å². The topological polar surface area (TPSA) is 98.5 Å². The second-order valence-corrected chi connectivity index (χ2v) is 3.74. The van der Waals surface area contributed by atoms with Crippen molar-refractivity contribution in [3.63, 3.8) is 0 Å². The molecular weight excluding hydrogens is 234 g/mol. The minimum absolute atomic E-state index is 0.0543. The van der Waals surface area contributed by atoms with Crippen LogP contribution in [0.1, 0.15) is 11.3 Å². The average molecular weight is 247 g/mol. The normalized spacial score (nSPS) is 11.6. The lowest BCUT2D eigenvalue weighted by atomic mass is 10.2. The quantitative estimate of drug-likeness (QED) is 0.365. The first kappa shape index (κ1) is 11.9. The molecule has 0 aliphatic carbocycles. The van der Waals surface area contributed by atoms with Crippen LogP contribution in [0.4, 0.5) is 0 Å². The highest BCUT2D eigenvalue weighted by Gasteiger charge is 2.12. The van der Waals surface area contributed by atoms with Crippen LogP contribution in [0.2, 0.25) is 0 Å². The van der Waals surface area contributed by atoms with Gasteiger partial charge < -0.3 is 15.7 Å². The predicted octanol–water partition coefficient (Wildman–Crippen LogP) is 1.01. The average Bonchev–Trinajstić information content (AvgIpc) is 2.74. The molecule has 2 aromatic heterocycles. The molecule has 2 aromatic rings. The summed E-state index contributed by atoms with van der Waals surface area (Å²) in [6.45, 7) is 1.83. The predicted molar refractivity (Wildman–Crippen MR) is 64.8 cm³/mol. The van der Waals surface area contributed by atoms with Crippen molar-refractivity contribution in [2.24, 2.45) is 17.9 Å². The number of oxime groups is 1. The van der Waals surface area contributed by atoms with E-state index >= 15 is 0 Å². The van der Waals surface area contributed by atoms with E-state index in [0.29, 0.717) is 11.3 Å². The zero-order valence-corrected chi connectivity index (χ0v) is 10.0. The monoisotopic (exact) mass is 247 g/mol. The third kappa shape index (κ3) is 2.40. The third-order valence-electron chi connectivity index (χ3n) is 2.28. The third-order valence-corrected chi connectivity index (χ3v) is 2.28. The molecule has 2 heterocycles. The van der Waals surface area contributed by atoms with Gasteiger partial charge in [-0.15, -0.1) is 0 Å². The number of aryl methyl sites for hydroxylation is 2. The van der Waals surface area contributed by atoms with Gasteiger partial charge in [-0.2, -0.15) is 5.10 Å². The van der Waals surface area contributed by atoms with Crippen molar-refractivity contribution in [3.05, 3.63) is 35.8 Å². The maximum Gasteiger partial charge on any atom is 0.230 e. The van der Waals surface area contributed by atoms with Gasteiger partial charge in [0.2, 0.25) is 5.88 Å². The van der Waals surface area contributed by atoms with Crippen LogP contribution in [0.15, 0.2) is 29.7 Å². The van der Waals surface area contributed by atoms with E-state index in [0.717, 1.165) is 5.69 Å². The van der Waals surface area contributed by atoms with Crippen molar-refractivity contribution in [1.82, 2.24) is 14.8 Å². The standard InChI is InChI=1S/C11H13N5O2/c1-7-3-4-9(10(12)15-17)11(14-7)18-8-5-13-16(2)6-8/h3-6,17H,1-2H3,(H2,12,15). The van der Waals surface area contributed by atoms with Crippen molar-refractivity contribution in [1.29, 1.82) is 0 Å². The van der Waals surface area contributed by atoms with Gasteiger partial charge in [0.15, 0.2) is 11.6 Å². The smallest absolute Gasteiger partial charge is 0.230 e. The summed E-state index contributed by atoms with van der Waals surface area (Å²) in [7, 11) is 1.78. The molecule has 3 N–H and O–H groups in total. The molecule has 0 amide bonds. The first-order valence-electron chi connectivity index (χ1n) is 5.22. The largest absolute Gasteiger partial charge is 0.435 e. The van der Waals surface area contributed by atoms with Gasteiger partial charge in [-0.05, 0) is 19.1 Å². The van der Waals surface area contributed by atoms with Crippen LogP contribution in [0.3, 0.4) is 0 Å². The number of amidine groups is 1. The van der Waals surface area contributed by atoms with Gasteiger partial charge in [0, 0.05) is 12.7 Å². The maximum atomic E-state index is 8.72. The first-order valence-corrected chi connectivity index (χ1v) is 5.22. The molecule has 0 radical (unpaired) electrons. The highest BCUT2D eigenvalue weighted by Crippen LogP contribution is 2.22. The van der Waals surface area contributed by atoms with Gasteiger partial charge in [-0.3, -0.25) is 4.68 Å². The van der Waals surface area contributed by atoms with Crippen molar-refractivity contribution >= 4 is 5.84 Å². The molecular formula is C11H13N5O2. The zero-order chi connectivity index (χ0) is 13.1. The molecule has 0 saturated carbocycles. The number of rotatable bonds is 3. The van der Waals surface area contributed by atoms with Gasteiger partial charge in [-0.1, -0.05) is 5.16 Å². The van der Waals surface area contributed by atoms with E-state index in [4.69, 9.17) is 15.7 Å². The molecule has 0 aliphatic heterocycles. The molecule has 0 aliphatic rings. The van der Waals surface area contributed by atoms with Gasteiger partial charge in [0.05, 0.1) is 18.0 Å². The molecule has 94 valence electrons. The van der Waals surface area contributed by atoms with E-state index in [1.54, 1.807) is 36.3 Å². The van der Waals surface area contributed by atoms with E-state index in [9.17, 15) is 0 Å². The van der Waals surface area contributed by atoms with Crippen molar-refractivity contribution < 1.29 is 9.94 Å². The Morgan fingerprint density at radius 3 is 2.89 bits per heavy atom. The lowest BCUT2D eigenvalue weighted by Gasteiger charge is -2.08. The minimum Gasteiger partial charge on any atom is -0.435 e. The number of hydrogen-bond acceptors (Lipinski definition) is 5. The highest BCUT2D eigenvalue weighted by molar-refractivity contribution is 5.99. The van der Waals surface area contributed by atoms with Gasteiger partial charge in [0.1, 0.15) is 0 Å². The van der Waals surface area contributed by atoms with Gasteiger partial charge in [-0.25, -0.2) is 4.98 Å². The lowest BCUT2D eigenvalue weighted by Crippen LogP contribution is -2.15. The Morgan fingerprint density at radius 1 is 1.50 bits per heavy atom. The molecule has 7 nitrogen and oxygen atoms in total. The van der Waals surface area contributed by atoms with Crippen molar-refractivity contribution in [2.45, 2.75) is 6.92 Å². The molecule has 0 aromatic carbocycles. The fraction of sp³-hybridized carbons (Fsp3) is 0.182. The number of pyridine rings is 1. The molecule has 0 unspecified atom stereocenters. The lowest BCUT2D eigenvalue weighted by molar-refractivity contribution is 0.318. The fourth-order valence-corrected chi connectivity index (χ4v) is 1.42. The van der Waals surface area contributed by atoms with Gasteiger partial charge >= 0.3 is 0 Å². The Bertz CT molecular complexity index is 591. The second kappa shape index (κ2) is 4.74. The van der Waals surface area contributed by atoms with E-state index in [1.165, 1.54) is 0 Å². The van der Waals surface area contributed by atoms with E-state index in [1.807, 2.05) is 6.92 Å². The Labute approximate surface area is 104 Å². The van der Waals surface area contributed by atoms with Crippen LogP contribution < -0.4 is 10.5 Å². The zero-order valence-electron chi connectivity index (χ0n) is 10.0. The molecule has 0 atom stereocenters. The van der Waals surface area contributed by atoms with E-state index < -0.39 is 0 Å². The summed E-state index contributed by atoms with van der Waals surface area (Å²) in [4.78, 5) is 4.22. The van der Waals surface area contributed by atoms with Crippen LogP contribution in [-0.4, -0.2) is 25.8 Å². The van der Waals surface area contributed by atoms with Crippen molar-refractivity contribution in [3.8, 4) is 11.6 Å². The Kier molecular flexibility index (Phi) is 3.13. The van der Waals surface area contributed by atoms with Crippen LogP contribution in [0, 0.1) is 6.92 Å². The summed E-state index contributed by atoms with van der Waals surface area (Å²) in [5.41, 5.74) is 6.75. The second-order valence-electron chi connectivity index (χ2n) is 3.74. The van der Waals surface area contributed by atoms with E-state index in [2.05, 4.69) is 15.2 Å². The molecule has 0 spiro atoms. The summed E-state index contributed by atoms with van der Waals surface area (Å²) in [5.74, 6) is 0.752. The molecule has 7 heteroatoms. The summed E-state index contributed by atoms with van der Waals surface area (Å²) in [6.07, 6.45) is 3.25. The molecule has 0 saturated heterocycles. The number of hydrogen-bond donors (Lipinski definition) is 2. The summed E-state index contributed by atoms with van der Waals surface area (Å²) in [6, 6.07) is 3.44. The SMILES string of the molecule is Cc1ccc(/C(N)=N/O)c(Oc2cnn(C)c2)n1. The molecule has 0 fully saturated rings. The molecule has 2 rings (SSSR count). The minimum atomic E-state index is -0.0543. The Balaban J connectivity index is 2.39. The van der Waals surface area contributed by atoms with Crippen LogP contribution in [0.25, 0.3) is 0 Å². The maximum absolute atomic E-state index is 8.72. The summed E-state index contributed by atoms with van der Waals surface area (Å²) < 4.78 is 7.17. The van der Waals surface area contributed by atoms with E-state index in [-0.39, 0.29) is 11.7 Å². The van der Waals surface area contributed by atoms with Crippen molar-refractivity contribution in [2.75, 3.05) is 0 Å².